The Morgan fingerprint density at radius 1 is 1.33 bits per heavy atom. The van der Waals surface area contributed by atoms with Gasteiger partial charge in [-0.3, -0.25) is 4.21 Å². The molecule has 118 valence electrons. The lowest BCUT2D eigenvalue weighted by atomic mass is 9.99. The second-order valence-electron chi connectivity index (χ2n) is 6.11. The zero-order valence-electron chi connectivity index (χ0n) is 13.6. The van der Waals surface area contributed by atoms with Crippen molar-refractivity contribution in [2.45, 2.75) is 69.4 Å². The van der Waals surface area contributed by atoms with E-state index in [9.17, 15) is 4.21 Å². The van der Waals surface area contributed by atoms with Crippen LogP contribution in [0.15, 0.2) is 24.3 Å². The largest absolute Gasteiger partial charge is 0.309 e. The Labute approximate surface area is 132 Å². The Hall–Kier alpha value is -0.670. The summed E-state index contributed by atoms with van der Waals surface area (Å²) in [6, 6.07) is 8.97. The first-order chi connectivity index (χ1) is 10.2. The average molecular weight is 308 g/mol. The third-order valence-corrected chi connectivity index (χ3v) is 6.81. The monoisotopic (exact) mass is 307 g/mol. The van der Waals surface area contributed by atoms with E-state index in [1.54, 1.807) is 0 Å². The lowest BCUT2D eigenvalue weighted by Crippen LogP contribution is -2.37. The molecule has 2 nitrogen and oxygen atoms in total. The van der Waals surface area contributed by atoms with Crippen LogP contribution in [0.2, 0.25) is 0 Å². The van der Waals surface area contributed by atoms with E-state index in [1.807, 2.05) is 0 Å². The van der Waals surface area contributed by atoms with Gasteiger partial charge in [-0.25, -0.2) is 0 Å². The van der Waals surface area contributed by atoms with Crippen molar-refractivity contribution in [1.29, 1.82) is 0 Å². The van der Waals surface area contributed by atoms with Gasteiger partial charge in [-0.1, -0.05) is 45.0 Å². The zero-order valence-corrected chi connectivity index (χ0v) is 14.4. The van der Waals surface area contributed by atoms with Crippen molar-refractivity contribution in [3.63, 3.8) is 0 Å². The Bertz CT molecular complexity index is 474. The van der Waals surface area contributed by atoms with Crippen LogP contribution in [-0.2, 0) is 17.2 Å². The highest BCUT2D eigenvalue weighted by molar-refractivity contribution is 7.86. The van der Waals surface area contributed by atoms with Gasteiger partial charge in [-0.15, -0.1) is 0 Å². The molecule has 0 spiro atoms. The molecule has 1 aromatic rings. The van der Waals surface area contributed by atoms with E-state index in [4.69, 9.17) is 0 Å². The fourth-order valence-corrected chi connectivity index (χ4v) is 5.02. The van der Waals surface area contributed by atoms with Crippen LogP contribution in [-0.4, -0.2) is 21.3 Å². The van der Waals surface area contributed by atoms with Crippen molar-refractivity contribution in [1.82, 2.24) is 5.32 Å². The van der Waals surface area contributed by atoms with E-state index in [-0.39, 0.29) is 16.5 Å². The summed E-state index contributed by atoms with van der Waals surface area (Å²) in [4.78, 5) is 0. The fraction of sp³-hybridized carbons (Fsp3) is 0.667. The number of hydrogen-bond donors (Lipinski definition) is 1. The molecule has 0 heterocycles. The molecule has 0 fully saturated rings. The van der Waals surface area contributed by atoms with Crippen molar-refractivity contribution >= 4 is 10.8 Å². The highest BCUT2D eigenvalue weighted by Crippen LogP contribution is 2.33. The van der Waals surface area contributed by atoms with E-state index in [1.165, 1.54) is 11.1 Å². The van der Waals surface area contributed by atoms with Crippen LogP contribution in [0.25, 0.3) is 0 Å². The van der Waals surface area contributed by atoms with Gasteiger partial charge in [0.05, 0.1) is 5.25 Å². The number of rotatable bonds is 6. The van der Waals surface area contributed by atoms with E-state index >= 15 is 0 Å². The van der Waals surface area contributed by atoms with Crippen molar-refractivity contribution in [2.24, 2.45) is 0 Å². The summed E-state index contributed by atoms with van der Waals surface area (Å²) in [6.07, 6.45) is 5.43. The Morgan fingerprint density at radius 3 is 2.81 bits per heavy atom. The first-order valence-corrected chi connectivity index (χ1v) is 9.67. The number of nitrogens with one attached hydrogen (secondary N) is 1. The zero-order chi connectivity index (χ0) is 15.2. The molecular weight excluding hydrogens is 278 g/mol. The average Bonchev–Trinajstić information content (AvgIpc) is 2.70. The molecule has 0 bridgehead atoms. The van der Waals surface area contributed by atoms with E-state index in [0.29, 0.717) is 0 Å². The third kappa shape index (κ3) is 3.95. The summed E-state index contributed by atoms with van der Waals surface area (Å²) in [6.45, 7) is 7.45. The second kappa shape index (κ2) is 8.09. The number of fused-ring (bicyclic) bond motifs is 1. The van der Waals surface area contributed by atoms with Crippen molar-refractivity contribution < 1.29 is 4.21 Å². The molecule has 0 aromatic heterocycles. The minimum absolute atomic E-state index is 0.246. The molecule has 2 rings (SSSR count). The molecule has 1 aliphatic rings. The molecule has 21 heavy (non-hydrogen) atoms. The lowest BCUT2D eigenvalue weighted by molar-refractivity contribution is 0.488. The molecule has 1 aromatic carbocycles. The smallest absolute Gasteiger partial charge is 0.0545 e. The molecule has 4 unspecified atom stereocenters. The lowest BCUT2D eigenvalue weighted by Gasteiger charge is -2.29. The summed E-state index contributed by atoms with van der Waals surface area (Å²) < 4.78 is 12.9. The Kier molecular flexibility index (Phi) is 6.43. The van der Waals surface area contributed by atoms with Gasteiger partial charge in [-0.2, -0.15) is 0 Å². The molecule has 4 atom stereocenters. The first-order valence-electron chi connectivity index (χ1n) is 8.39. The van der Waals surface area contributed by atoms with E-state index in [2.05, 4.69) is 50.4 Å². The molecule has 0 aliphatic heterocycles. The molecule has 0 amide bonds. The van der Waals surface area contributed by atoms with Gasteiger partial charge in [0.1, 0.15) is 0 Å². The minimum atomic E-state index is -0.766. The number of benzene rings is 1. The second-order valence-corrected chi connectivity index (χ2v) is 8.18. The number of aryl methyl sites for hydroxylation is 1. The highest BCUT2D eigenvalue weighted by Gasteiger charge is 2.32. The van der Waals surface area contributed by atoms with Crippen LogP contribution >= 0.6 is 0 Å². The molecule has 0 radical (unpaired) electrons. The van der Waals surface area contributed by atoms with Gasteiger partial charge >= 0.3 is 0 Å². The predicted octanol–water partition coefficient (Wildman–Crippen LogP) is 3.98. The van der Waals surface area contributed by atoms with Gasteiger partial charge in [0.2, 0.25) is 0 Å². The summed E-state index contributed by atoms with van der Waals surface area (Å²) in [5, 5.41) is 4.21. The van der Waals surface area contributed by atoms with Gasteiger partial charge in [0.15, 0.2) is 0 Å². The van der Waals surface area contributed by atoms with Crippen LogP contribution in [0.1, 0.15) is 63.6 Å². The third-order valence-electron chi connectivity index (χ3n) is 4.58. The Balaban J connectivity index is 2.32. The normalized spacial score (nSPS) is 24.9. The standard InChI is InChI=1S/C18H29NOS/c1-4-13-19-18-16-11-7-6-9-15(16)10-8-12-17(18)21(20)14(3)5-2/h6-7,9,11,14,17-19H,4-5,8,10,12-13H2,1-3H3. The maximum absolute atomic E-state index is 12.9. The summed E-state index contributed by atoms with van der Waals surface area (Å²) in [5.41, 5.74) is 2.82. The van der Waals surface area contributed by atoms with Gasteiger partial charge < -0.3 is 5.32 Å². The molecular formula is C18H29NOS. The van der Waals surface area contributed by atoms with Crippen LogP contribution < -0.4 is 5.32 Å². The molecule has 3 heteroatoms. The number of hydrogen-bond acceptors (Lipinski definition) is 2. The maximum Gasteiger partial charge on any atom is 0.0545 e. The van der Waals surface area contributed by atoms with Crippen LogP contribution in [0, 0.1) is 0 Å². The van der Waals surface area contributed by atoms with Gasteiger partial charge in [0, 0.05) is 22.1 Å². The van der Waals surface area contributed by atoms with Gasteiger partial charge in [0.25, 0.3) is 0 Å². The van der Waals surface area contributed by atoms with E-state index < -0.39 is 10.8 Å². The highest BCUT2D eigenvalue weighted by atomic mass is 32.2. The summed E-state index contributed by atoms with van der Waals surface area (Å²) >= 11 is 0. The summed E-state index contributed by atoms with van der Waals surface area (Å²) in [5.74, 6) is 0. The molecule has 0 saturated heterocycles. The van der Waals surface area contributed by atoms with Crippen molar-refractivity contribution in [3.8, 4) is 0 Å². The van der Waals surface area contributed by atoms with Crippen molar-refractivity contribution in [2.75, 3.05) is 6.54 Å². The van der Waals surface area contributed by atoms with Crippen LogP contribution in [0.5, 0.6) is 0 Å². The first kappa shape index (κ1) is 16.7. The molecule has 1 aliphatic carbocycles. The quantitative estimate of drug-likeness (QED) is 0.805. The van der Waals surface area contributed by atoms with E-state index in [0.717, 1.165) is 38.6 Å². The van der Waals surface area contributed by atoms with Crippen LogP contribution in [0.3, 0.4) is 0 Å². The Morgan fingerprint density at radius 2 is 2.10 bits per heavy atom. The predicted molar refractivity (Wildman–Crippen MR) is 92.1 cm³/mol. The minimum Gasteiger partial charge on any atom is -0.309 e. The van der Waals surface area contributed by atoms with Gasteiger partial charge in [-0.05, 0) is 49.8 Å². The molecule has 1 N–H and O–H groups in total. The fourth-order valence-electron chi connectivity index (χ4n) is 3.18. The molecule has 0 saturated carbocycles. The van der Waals surface area contributed by atoms with Crippen molar-refractivity contribution in [3.05, 3.63) is 35.4 Å². The van der Waals surface area contributed by atoms with Crippen LogP contribution in [0.4, 0.5) is 0 Å². The maximum atomic E-state index is 12.9. The SMILES string of the molecule is CCCNC1c2ccccc2CCCC1S(=O)C(C)CC. The summed E-state index contributed by atoms with van der Waals surface area (Å²) in [7, 11) is -0.766. The topological polar surface area (TPSA) is 29.1 Å².